The number of rotatable bonds is 6. The third kappa shape index (κ3) is 4.77. The monoisotopic (exact) mass is 374 g/mol. The maximum absolute atomic E-state index is 12.0. The SMILES string of the molecule is CCOc1ccc(/C=C/C(=O)OCc2cc(Cl)cc3c2OCOC3)cc1. The third-order valence-corrected chi connectivity index (χ3v) is 3.94. The Labute approximate surface area is 157 Å². The topological polar surface area (TPSA) is 54.0 Å². The molecule has 0 saturated heterocycles. The van der Waals surface area contributed by atoms with Crippen molar-refractivity contribution in [2.24, 2.45) is 0 Å². The Kier molecular flexibility index (Phi) is 6.15. The Morgan fingerprint density at radius 3 is 2.85 bits per heavy atom. The van der Waals surface area contributed by atoms with Crippen LogP contribution in [0.2, 0.25) is 5.02 Å². The number of hydrogen-bond acceptors (Lipinski definition) is 5. The highest BCUT2D eigenvalue weighted by Crippen LogP contribution is 2.32. The molecule has 26 heavy (non-hydrogen) atoms. The molecule has 0 fully saturated rings. The highest BCUT2D eigenvalue weighted by molar-refractivity contribution is 6.30. The lowest BCUT2D eigenvalue weighted by Crippen LogP contribution is -2.14. The lowest BCUT2D eigenvalue weighted by molar-refractivity contribution is -0.139. The number of esters is 1. The molecule has 0 aromatic heterocycles. The molecule has 136 valence electrons. The van der Waals surface area contributed by atoms with Crippen LogP contribution in [-0.4, -0.2) is 19.4 Å². The molecule has 2 aromatic carbocycles. The first-order valence-corrected chi connectivity index (χ1v) is 8.63. The number of benzene rings is 2. The Morgan fingerprint density at radius 2 is 2.08 bits per heavy atom. The van der Waals surface area contributed by atoms with Crippen LogP contribution in [0, 0.1) is 0 Å². The lowest BCUT2D eigenvalue weighted by Gasteiger charge is -2.20. The van der Waals surface area contributed by atoms with Crippen LogP contribution in [-0.2, 0) is 27.5 Å². The summed E-state index contributed by atoms with van der Waals surface area (Å²) >= 11 is 6.10. The number of fused-ring (bicyclic) bond motifs is 1. The van der Waals surface area contributed by atoms with Gasteiger partial charge in [-0.25, -0.2) is 4.79 Å². The molecule has 0 saturated carbocycles. The molecule has 5 nitrogen and oxygen atoms in total. The summed E-state index contributed by atoms with van der Waals surface area (Å²) in [5.41, 5.74) is 2.45. The molecule has 1 aliphatic rings. The number of halogens is 1. The maximum Gasteiger partial charge on any atom is 0.331 e. The predicted octanol–water partition coefficient (Wildman–Crippen LogP) is 4.36. The van der Waals surface area contributed by atoms with Gasteiger partial charge in [0.15, 0.2) is 6.79 Å². The van der Waals surface area contributed by atoms with E-state index in [1.54, 1.807) is 18.2 Å². The van der Waals surface area contributed by atoms with Crippen molar-refractivity contribution in [3.8, 4) is 11.5 Å². The second-order valence-corrected chi connectivity index (χ2v) is 6.04. The average Bonchev–Trinajstić information content (AvgIpc) is 2.65. The third-order valence-electron chi connectivity index (χ3n) is 3.72. The minimum atomic E-state index is -0.445. The molecule has 6 heteroatoms. The van der Waals surface area contributed by atoms with Gasteiger partial charge < -0.3 is 18.9 Å². The fourth-order valence-electron chi connectivity index (χ4n) is 2.57. The second kappa shape index (κ2) is 8.74. The van der Waals surface area contributed by atoms with Gasteiger partial charge in [0.05, 0.1) is 13.2 Å². The molecule has 0 unspecified atom stereocenters. The zero-order valence-corrected chi connectivity index (χ0v) is 15.1. The highest BCUT2D eigenvalue weighted by Gasteiger charge is 2.17. The van der Waals surface area contributed by atoms with E-state index < -0.39 is 5.97 Å². The Hall–Kier alpha value is -2.50. The number of ether oxygens (including phenoxy) is 4. The molecule has 1 aliphatic heterocycles. The standard InChI is InChI=1S/C20H19ClO5/c1-2-24-18-6-3-14(4-7-18)5-8-19(22)25-12-16-10-17(21)9-15-11-23-13-26-20(15)16/h3-10H,2,11-13H2,1H3/b8-5+. The van der Waals surface area contributed by atoms with E-state index in [1.807, 2.05) is 31.2 Å². The number of hydrogen-bond donors (Lipinski definition) is 0. The minimum absolute atomic E-state index is 0.0787. The van der Waals surface area contributed by atoms with Crippen LogP contribution in [0.4, 0.5) is 0 Å². The molecule has 1 heterocycles. The van der Waals surface area contributed by atoms with Crippen LogP contribution in [0.3, 0.4) is 0 Å². The predicted molar refractivity (Wildman–Crippen MR) is 98.2 cm³/mol. The van der Waals surface area contributed by atoms with Crippen LogP contribution in [0.25, 0.3) is 6.08 Å². The van der Waals surface area contributed by atoms with Crippen molar-refractivity contribution in [3.05, 3.63) is 64.2 Å². The first-order valence-electron chi connectivity index (χ1n) is 8.25. The first-order chi connectivity index (χ1) is 12.7. The van der Waals surface area contributed by atoms with Crippen molar-refractivity contribution in [1.82, 2.24) is 0 Å². The van der Waals surface area contributed by atoms with E-state index in [-0.39, 0.29) is 13.4 Å². The van der Waals surface area contributed by atoms with Crippen LogP contribution >= 0.6 is 11.6 Å². The largest absolute Gasteiger partial charge is 0.494 e. The average molecular weight is 375 g/mol. The normalized spacial score (nSPS) is 13.2. The molecule has 0 aliphatic carbocycles. The zero-order chi connectivity index (χ0) is 18.4. The van der Waals surface area contributed by atoms with E-state index in [4.69, 9.17) is 30.5 Å². The Morgan fingerprint density at radius 1 is 1.27 bits per heavy atom. The van der Waals surface area contributed by atoms with Crippen molar-refractivity contribution in [3.63, 3.8) is 0 Å². The molecular formula is C20H19ClO5. The van der Waals surface area contributed by atoms with Gasteiger partial charge >= 0.3 is 5.97 Å². The minimum Gasteiger partial charge on any atom is -0.494 e. The summed E-state index contributed by atoms with van der Waals surface area (Å²) in [6.07, 6.45) is 3.08. The summed E-state index contributed by atoms with van der Waals surface area (Å²) < 4.78 is 21.4. The van der Waals surface area contributed by atoms with Gasteiger partial charge in [0.2, 0.25) is 0 Å². The summed E-state index contributed by atoms with van der Waals surface area (Å²) in [5.74, 6) is 1.02. The summed E-state index contributed by atoms with van der Waals surface area (Å²) in [6, 6.07) is 11.0. The summed E-state index contributed by atoms with van der Waals surface area (Å²) in [6.45, 7) is 3.22. The maximum atomic E-state index is 12.0. The summed E-state index contributed by atoms with van der Waals surface area (Å²) in [5, 5.41) is 0.550. The van der Waals surface area contributed by atoms with Crippen LogP contribution in [0.15, 0.2) is 42.5 Å². The molecule has 0 atom stereocenters. The van der Waals surface area contributed by atoms with Crippen molar-refractivity contribution in [2.75, 3.05) is 13.4 Å². The van der Waals surface area contributed by atoms with Crippen LogP contribution in [0.1, 0.15) is 23.6 Å². The molecule has 0 amide bonds. The first kappa shape index (κ1) is 18.3. The van der Waals surface area contributed by atoms with Crippen molar-refractivity contribution in [1.29, 1.82) is 0 Å². The molecule has 0 spiro atoms. The van der Waals surface area contributed by atoms with E-state index in [0.717, 1.165) is 22.4 Å². The molecular weight excluding hydrogens is 356 g/mol. The second-order valence-electron chi connectivity index (χ2n) is 5.61. The van der Waals surface area contributed by atoms with Crippen LogP contribution < -0.4 is 9.47 Å². The highest BCUT2D eigenvalue weighted by atomic mass is 35.5. The molecule has 0 N–H and O–H groups in total. The van der Waals surface area contributed by atoms with Gasteiger partial charge in [-0.1, -0.05) is 23.7 Å². The number of carbonyl (C=O) groups is 1. The van der Waals surface area contributed by atoms with E-state index >= 15 is 0 Å². The van der Waals surface area contributed by atoms with E-state index in [9.17, 15) is 4.79 Å². The van der Waals surface area contributed by atoms with Crippen molar-refractivity contribution >= 4 is 23.6 Å². The van der Waals surface area contributed by atoms with E-state index in [0.29, 0.717) is 24.0 Å². The quantitative estimate of drug-likeness (QED) is 0.555. The summed E-state index contributed by atoms with van der Waals surface area (Å²) in [4.78, 5) is 12.0. The van der Waals surface area contributed by atoms with Gasteiger partial charge in [0.1, 0.15) is 18.1 Å². The van der Waals surface area contributed by atoms with Gasteiger partial charge in [0.25, 0.3) is 0 Å². The van der Waals surface area contributed by atoms with Gasteiger partial charge in [-0.2, -0.15) is 0 Å². The lowest BCUT2D eigenvalue weighted by atomic mass is 10.1. The van der Waals surface area contributed by atoms with E-state index in [2.05, 4.69) is 0 Å². The van der Waals surface area contributed by atoms with Gasteiger partial charge in [0, 0.05) is 22.2 Å². The number of carbonyl (C=O) groups excluding carboxylic acids is 1. The van der Waals surface area contributed by atoms with Gasteiger partial charge in [-0.15, -0.1) is 0 Å². The van der Waals surface area contributed by atoms with Crippen LogP contribution in [0.5, 0.6) is 11.5 Å². The van der Waals surface area contributed by atoms with Crippen molar-refractivity contribution in [2.45, 2.75) is 20.1 Å². The van der Waals surface area contributed by atoms with Gasteiger partial charge in [-0.05, 0) is 42.8 Å². The van der Waals surface area contributed by atoms with Crippen molar-refractivity contribution < 1.29 is 23.7 Å². The van der Waals surface area contributed by atoms with Gasteiger partial charge in [-0.3, -0.25) is 0 Å². The Bertz CT molecular complexity index is 799. The fourth-order valence-corrected chi connectivity index (χ4v) is 2.83. The smallest absolute Gasteiger partial charge is 0.331 e. The zero-order valence-electron chi connectivity index (χ0n) is 14.4. The molecule has 0 bridgehead atoms. The molecule has 3 rings (SSSR count). The summed E-state index contributed by atoms with van der Waals surface area (Å²) in [7, 11) is 0. The molecule has 0 radical (unpaired) electrons. The molecule has 2 aromatic rings. The van der Waals surface area contributed by atoms with E-state index in [1.165, 1.54) is 6.08 Å². The Balaban J connectivity index is 1.60. The fraction of sp³-hybridized carbons (Fsp3) is 0.250.